The third-order valence-corrected chi connectivity index (χ3v) is 2.86. The first-order valence-electron chi connectivity index (χ1n) is 5.95. The molecule has 0 radical (unpaired) electrons. The summed E-state index contributed by atoms with van der Waals surface area (Å²) in [5, 5.41) is 23.5. The lowest BCUT2D eigenvalue weighted by Crippen LogP contribution is -1.94. The zero-order valence-corrected chi connectivity index (χ0v) is 10.9. The number of hydrogen-bond donors (Lipinski definition) is 2. The van der Waals surface area contributed by atoms with Crippen molar-refractivity contribution in [2.24, 2.45) is 0 Å². The number of aromatic nitrogens is 5. The summed E-state index contributed by atoms with van der Waals surface area (Å²) in [6.07, 6.45) is 2.74. The number of aromatic amines is 1. The van der Waals surface area contributed by atoms with Crippen LogP contribution in [0.3, 0.4) is 0 Å². The van der Waals surface area contributed by atoms with E-state index in [0.29, 0.717) is 17.1 Å². The molecule has 3 heterocycles. The first-order chi connectivity index (χ1) is 10.2. The van der Waals surface area contributed by atoms with Crippen LogP contribution < -0.4 is 4.74 Å². The lowest BCUT2D eigenvalue weighted by molar-refractivity contribution is 0.392. The third kappa shape index (κ3) is 2.38. The van der Waals surface area contributed by atoms with Crippen LogP contribution in [0.15, 0.2) is 30.6 Å². The van der Waals surface area contributed by atoms with Crippen LogP contribution in [0.1, 0.15) is 0 Å². The fraction of sp³-hybridized carbons (Fsp3) is 0.0769. The van der Waals surface area contributed by atoms with E-state index in [9.17, 15) is 9.50 Å². The molecule has 0 saturated heterocycles. The van der Waals surface area contributed by atoms with Crippen molar-refractivity contribution in [3.63, 3.8) is 0 Å². The van der Waals surface area contributed by atoms with Crippen LogP contribution in [-0.2, 0) is 0 Å². The fourth-order valence-corrected chi connectivity index (χ4v) is 1.82. The first-order valence-corrected chi connectivity index (χ1v) is 5.95. The molecule has 0 atom stereocenters. The maximum Gasteiger partial charge on any atom is 0.233 e. The molecule has 21 heavy (non-hydrogen) atoms. The van der Waals surface area contributed by atoms with Crippen molar-refractivity contribution < 1.29 is 14.2 Å². The molecule has 0 aliphatic rings. The summed E-state index contributed by atoms with van der Waals surface area (Å²) in [6, 6.07) is 4.61. The first kappa shape index (κ1) is 13.0. The number of hydrogen-bond acceptors (Lipinski definition) is 6. The minimum atomic E-state index is -0.590. The molecule has 0 aliphatic carbocycles. The molecular weight excluding hydrogens is 277 g/mol. The van der Waals surface area contributed by atoms with Gasteiger partial charge in [-0.2, -0.15) is 9.49 Å². The maximum absolute atomic E-state index is 13.4. The highest BCUT2D eigenvalue weighted by atomic mass is 19.1. The molecule has 0 unspecified atom stereocenters. The van der Waals surface area contributed by atoms with E-state index in [4.69, 9.17) is 4.74 Å². The molecule has 3 aromatic rings. The molecular formula is C13H10FN5O2. The lowest BCUT2D eigenvalue weighted by Gasteiger charge is -2.05. The predicted octanol–water partition coefficient (Wildman–Crippen LogP) is 1.78. The van der Waals surface area contributed by atoms with Crippen LogP contribution in [0.5, 0.6) is 11.6 Å². The average molecular weight is 287 g/mol. The number of pyridine rings is 1. The summed E-state index contributed by atoms with van der Waals surface area (Å²) < 4.78 is 18.3. The van der Waals surface area contributed by atoms with E-state index < -0.39 is 5.95 Å². The Hall–Kier alpha value is -3.03. The van der Waals surface area contributed by atoms with Crippen molar-refractivity contribution in [2.45, 2.75) is 0 Å². The van der Waals surface area contributed by atoms with Gasteiger partial charge in [-0.3, -0.25) is 5.10 Å². The second kappa shape index (κ2) is 5.16. The van der Waals surface area contributed by atoms with E-state index in [1.807, 2.05) is 0 Å². The van der Waals surface area contributed by atoms with E-state index in [0.717, 1.165) is 0 Å². The molecule has 3 aromatic heterocycles. The van der Waals surface area contributed by atoms with Crippen molar-refractivity contribution in [3.8, 4) is 34.1 Å². The quantitative estimate of drug-likeness (QED) is 0.762. The second-order valence-corrected chi connectivity index (χ2v) is 4.15. The Morgan fingerprint density at radius 1 is 1.24 bits per heavy atom. The van der Waals surface area contributed by atoms with Gasteiger partial charge in [0.05, 0.1) is 18.9 Å². The van der Waals surface area contributed by atoms with Gasteiger partial charge >= 0.3 is 0 Å². The van der Waals surface area contributed by atoms with Gasteiger partial charge in [0.1, 0.15) is 17.1 Å². The van der Waals surface area contributed by atoms with Crippen molar-refractivity contribution in [3.05, 3.63) is 36.5 Å². The molecule has 0 fully saturated rings. The molecule has 7 nitrogen and oxygen atoms in total. The molecule has 0 saturated carbocycles. The molecule has 0 amide bonds. The summed E-state index contributed by atoms with van der Waals surface area (Å²) in [7, 11) is 1.48. The van der Waals surface area contributed by atoms with Gasteiger partial charge in [-0.25, -0.2) is 4.98 Å². The highest BCUT2D eigenvalue weighted by molar-refractivity contribution is 5.69. The highest BCUT2D eigenvalue weighted by Gasteiger charge is 2.13. The van der Waals surface area contributed by atoms with Gasteiger partial charge in [-0.05, 0) is 12.1 Å². The van der Waals surface area contributed by atoms with E-state index in [2.05, 4.69) is 25.4 Å². The minimum Gasteiger partial charge on any atom is -0.506 e. The van der Waals surface area contributed by atoms with Crippen LogP contribution in [0.4, 0.5) is 4.39 Å². The SMILES string of the molecule is COc1ccc(-c2ncc(-c3cn[nH]c3F)cc2O)nn1. The Labute approximate surface area is 118 Å². The van der Waals surface area contributed by atoms with E-state index in [-0.39, 0.29) is 17.0 Å². The Bertz CT molecular complexity index is 772. The number of nitrogens with one attached hydrogen (secondary N) is 1. The Morgan fingerprint density at radius 2 is 2.10 bits per heavy atom. The number of aromatic hydroxyl groups is 1. The zero-order valence-electron chi connectivity index (χ0n) is 10.9. The fourth-order valence-electron chi connectivity index (χ4n) is 1.82. The zero-order chi connectivity index (χ0) is 14.8. The van der Waals surface area contributed by atoms with E-state index in [1.54, 1.807) is 12.1 Å². The minimum absolute atomic E-state index is 0.132. The average Bonchev–Trinajstić information content (AvgIpc) is 2.93. The number of halogens is 1. The summed E-state index contributed by atoms with van der Waals surface area (Å²) in [5.74, 6) is -0.365. The Kier molecular flexibility index (Phi) is 3.19. The summed E-state index contributed by atoms with van der Waals surface area (Å²) in [4.78, 5) is 4.10. The van der Waals surface area contributed by atoms with E-state index in [1.165, 1.54) is 25.6 Å². The molecule has 8 heteroatoms. The number of nitrogens with zero attached hydrogens (tertiary/aromatic N) is 4. The Balaban J connectivity index is 1.99. The number of H-pyrrole nitrogens is 1. The van der Waals surface area contributed by atoms with Gasteiger partial charge in [0.25, 0.3) is 0 Å². The van der Waals surface area contributed by atoms with Crippen molar-refractivity contribution in [1.29, 1.82) is 0 Å². The summed E-state index contributed by atoms with van der Waals surface area (Å²) in [6.45, 7) is 0. The third-order valence-electron chi connectivity index (χ3n) is 2.86. The normalized spacial score (nSPS) is 10.6. The van der Waals surface area contributed by atoms with Gasteiger partial charge in [0, 0.05) is 17.8 Å². The van der Waals surface area contributed by atoms with Crippen molar-refractivity contribution in [1.82, 2.24) is 25.4 Å². The highest BCUT2D eigenvalue weighted by Crippen LogP contribution is 2.30. The predicted molar refractivity (Wildman–Crippen MR) is 71.0 cm³/mol. The van der Waals surface area contributed by atoms with Gasteiger partial charge in [0.15, 0.2) is 0 Å². The molecule has 0 spiro atoms. The van der Waals surface area contributed by atoms with Gasteiger partial charge < -0.3 is 9.84 Å². The van der Waals surface area contributed by atoms with Gasteiger partial charge in [-0.1, -0.05) is 0 Å². The van der Waals surface area contributed by atoms with Crippen LogP contribution >= 0.6 is 0 Å². The molecule has 0 aromatic carbocycles. The standard InChI is InChI=1S/C13H10FN5O2/c1-21-11-3-2-9(17-18-11)12-10(20)4-7(5-15-12)8-6-16-19-13(8)14/h2-6,20H,1H3,(H,16,19). The van der Waals surface area contributed by atoms with Crippen LogP contribution in [0.2, 0.25) is 0 Å². The number of methoxy groups -OCH3 is 1. The van der Waals surface area contributed by atoms with Crippen LogP contribution in [0, 0.1) is 5.95 Å². The molecule has 2 N–H and O–H groups in total. The smallest absolute Gasteiger partial charge is 0.233 e. The van der Waals surface area contributed by atoms with Crippen LogP contribution in [-0.4, -0.2) is 37.6 Å². The number of rotatable bonds is 3. The molecule has 0 bridgehead atoms. The van der Waals surface area contributed by atoms with Gasteiger partial charge in [0.2, 0.25) is 11.8 Å². The Morgan fingerprint density at radius 3 is 2.67 bits per heavy atom. The van der Waals surface area contributed by atoms with Crippen molar-refractivity contribution >= 4 is 0 Å². The monoisotopic (exact) mass is 287 g/mol. The summed E-state index contributed by atoms with van der Waals surface area (Å²) >= 11 is 0. The molecule has 106 valence electrons. The largest absolute Gasteiger partial charge is 0.506 e. The number of ether oxygens (including phenoxy) is 1. The molecule has 0 aliphatic heterocycles. The second-order valence-electron chi connectivity index (χ2n) is 4.15. The summed E-state index contributed by atoms with van der Waals surface area (Å²) in [5.41, 5.74) is 1.26. The van der Waals surface area contributed by atoms with Crippen molar-refractivity contribution in [2.75, 3.05) is 7.11 Å². The van der Waals surface area contributed by atoms with E-state index >= 15 is 0 Å². The van der Waals surface area contributed by atoms with Crippen LogP contribution in [0.25, 0.3) is 22.5 Å². The van der Waals surface area contributed by atoms with Gasteiger partial charge in [-0.15, -0.1) is 10.2 Å². The maximum atomic E-state index is 13.4. The topological polar surface area (TPSA) is 96.8 Å². The molecule has 3 rings (SSSR count). The lowest BCUT2D eigenvalue weighted by atomic mass is 10.1.